The summed E-state index contributed by atoms with van der Waals surface area (Å²) in [6.45, 7) is 1.59. The molecular formula is C25H22N6O4S. The van der Waals surface area contributed by atoms with Crippen LogP contribution in [0.1, 0.15) is 17.7 Å². The summed E-state index contributed by atoms with van der Waals surface area (Å²) in [5.41, 5.74) is 2.16. The SMILES string of the molecule is N#Cc1cccc(-c2cccc(CNCCC34CN(c5ccc6c(n5)NC(=O)CS6)C(O3)O4)c2O)n1. The van der Waals surface area contributed by atoms with Crippen molar-refractivity contribution < 1.29 is 19.4 Å². The van der Waals surface area contributed by atoms with Gasteiger partial charge in [0.1, 0.15) is 29.1 Å². The molecule has 0 spiro atoms. The fourth-order valence-electron chi connectivity index (χ4n) is 4.50. The number of carbonyl (C=O) groups excluding carboxylic acids is 1. The van der Waals surface area contributed by atoms with Gasteiger partial charge in [-0.15, -0.1) is 11.8 Å². The Labute approximate surface area is 211 Å². The van der Waals surface area contributed by atoms with Gasteiger partial charge in [0.2, 0.25) is 12.3 Å². The van der Waals surface area contributed by atoms with Crippen LogP contribution in [-0.2, 0) is 20.8 Å². The van der Waals surface area contributed by atoms with Gasteiger partial charge in [-0.25, -0.2) is 9.97 Å². The molecule has 3 fully saturated rings. The molecule has 0 unspecified atom stereocenters. The second-order valence-electron chi connectivity index (χ2n) is 8.69. The number of ether oxygens (including phenoxy) is 2. The van der Waals surface area contributed by atoms with Crippen molar-refractivity contribution in [2.75, 3.05) is 29.1 Å². The number of carbonyl (C=O) groups is 1. The lowest BCUT2D eigenvalue weighted by Gasteiger charge is -2.37. The van der Waals surface area contributed by atoms with Gasteiger partial charge in [0.25, 0.3) is 0 Å². The van der Waals surface area contributed by atoms with Gasteiger partial charge in [-0.3, -0.25) is 4.79 Å². The Morgan fingerprint density at radius 1 is 1.22 bits per heavy atom. The predicted octanol–water partition coefficient (Wildman–Crippen LogP) is 2.79. The Morgan fingerprint density at radius 2 is 2.08 bits per heavy atom. The first-order chi connectivity index (χ1) is 17.5. The normalized spacial score (nSPS) is 21.9. The van der Waals surface area contributed by atoms with E-state index in [2.05, 4.69) is 20.6 Å². The van der Waals surface area contributed by atoms with Crippen LogP contribution >= 0.6 is 11.8 Å². The summed E-state index contributed by atoms with van der Waals surface area (Å²) in [6, 6.07) is 16.5. The first-order valence-corrected chi connectivity index (χ1v) is 12.5. The molecule has 10 nitrogen and oxygen atoms in total. The fraction of sp³-hybridized carbons (Fsp3) is 0.280. The fourth-order valence-corrected chi connectivity index (χ4v) is 5.26. The minimum absolute atomic E-state index is 0.0542. The number of nitriles is 1. The number of rotatable bonds is 7. The lowest BCUT2D eigenvalue weighted by atomic mass is 10.0. The third-order valence-electron chi connectivity index (χ3n) is 6.31. The zero-order valence-corrected chi connectivity index (χ0v) is 19.9. The van der Waals surface area contributed by atoms with Gasteiger partial charge < -0.3 is 30.1 Å². The van der Waals surface area contributed by atoms with Crippen LogP contribution in [0.15, 0.2) is 53.4 Å². The van der Waals surface area contributed by atoms with E-state index in [0.717, 1.165) is 10.5 Å². The van der Waals surface area contributed by atoms with Crippen LogP contribution in [0.25, 0.3) is 11.3 Å². The minimum Gasteiger partial charge on any atom is -0.507 e. The number of amides is 1. The Hall–Kier alpha value is -3.69. The van der Waals surface area contributed by atoms with E-state index >= 15 is 0 Å². The van der Waals surface area contributed by atoms with E-state index in [4.69, 9.17) is 14.7 Å². The zero-order valence-electron chi connectivity index (χ0n) is 19.1. The average molecular weight is 503 g/mol. The molecule has 1 aromatic carbocycles. The molecule has 3 N–H and O–H groups in total. The van der Waals surface area contributed by atoms with Crippen LogP contribution in [0.4, 0.5) is 11.6 Å². The standard InChI is InChI=1S/C25H22N6O4S/c26-11-16-4-2-6-18(28-16)17-5-1-3-15(22(17)33)12-27-10-9-25-14-31(24(34-25)35-25)20-8-7-19-23(29-20)30-21(32)13-36-19/h1-8,24,27,33H,9-10,12-14H2,(H,29,30,32). The monoisotopic (exact) mass is 502 g/mol. The average Bonchev–Trinajstić information content (AvgIpc) is 3.43. The number of benzene rings is 1. The van der Waals surface area contributed by atoms with E-state index in [9.17, 15) is 9.90 Å². The highest BCUT2D eigenvalue weighted by atomic mass is 32.2. The second kappa shape index (κ2) is 9.07. The van der Waals surface area contributed by atoms with Crippen LogP contribution in [0.5, 0.6) is 5.75 Å². The summed E-state index contributed by atoms with van der Waals surface area (Å²) < 4.78 is 12.0. The molecule has 6 heterocycles. The molecule has 7 rings (SSSR count). The van der Waals surface area contributed by atoms with Crippen molar-refractivity contribution in [3.05, 3.63) is 59.8 Å². The van der Waals surface area contributed by atoms with E-state index in [1.54, 1.807) is 24.3 Å². The van der Waals surface area contributed by atoms with Crippen molar-refractivity contribution in [2.45, 2.75) is 30.1 Å². The van der Waals surface area contributed by atoms with Gasteiger partial charge >= 0.3 is 0 Å². The number of pyridine rings is 2. The number of phenols is 1. The number of nitrogens with zero attached hydrogens (tertiary/aromatic N) is 4. The lowest BCUT2D eigenvalue weighted by Crippen LogP contribution is -2.49. The van der Waals surface area contributed by atoms with Crippen molar-refractivity contribution in [3.8, 4) is 23.1 Å². The Kier molecular flexibility index (Phi) is 5.73. The molecule has 3 aromatic rings. The number of thioether (sulfide) groups is 1. The van der Waals surface area contributed by atoms with E-state index in [1.807, 2.05) is 35.2 Å². The molecule has 2 aromatic heterocycles. The number of aromatic hydroxyl groups is 1. The van der Waals surface area contributed by atoms with Gasteiger partial charge in [-0.1, -0.05) is 18.2 Å². The molecule has 4 aliphatic rings. The van der Waals surface area contributed by atoms with Gasteiger partial charge in [0, 0.05) is 30.6 Å². The van der Waals surface area contributed by atoms with Gasteiger partial charge in [-0.2, -0.15) is 5.26 Å². The number of nitrogens with one attached hydrogen (secondary N) is 2. The molecule has 2 bridgehead atoms. The number of para-hydroxylation sites is 1. The van der Waals surface area contributed by atoms with Crippen molar-refractivity contribution in [1.82, 2.24) is 15.3 Å². The third-order valence-corrected chi connectivity index (χ3v) is 7.36. The van der Waals surface area contributed by atoms with Crippen LogP contribution in [0, 0.1) is 11.3 Å². The third kappa shape index (κ3) is 4.14. The second-order valence-corrected chi connectivity index (χ2v) is 9.71. The molecular weight excluding hydrogens is 480 g/mol. The zero-order chi connectivity index (χ0) is 24.7. The van der Waals surface area contributed by atoms with Crippen molar-refractivity contribution in [3.63, 3.8) is 0 Å². The quantitative estimate of drug-likeness (QED) is 0.414. The largest absolute Gasteiger partial charge is 0.507 e. The minimum atomic E-state index is -0.710. The van der Waals surface area contributed by atoms with Gasteiger partial charge in [0.05, 0.1) is 22.9 Å². The molecule has 0 saturated carbocycles. The molecule has 0 aliphatic carbocycles. The summed E-state index contributed by atoms with van der Waals surface area (Å²) in [6.07, 6.45) is 0.129. The smallest absolute Gasteiger partial charge is 0.246 e. The molecule has 182 valence electrons. The summed E-state index contributed by atoms with van der Waals surface area (Å²) in [7, 11) is 0. The molecule has 0 atom stereocenters. The van der Waals surface area contributed by atoms with Crippen LogP contribution in [0.2, 0.25) is 0 Å². The summed E-state index contributed by atoms with van der Waals surface area (Å²) in [5, 5.41) is 26.0. The van der Waals surface area contributed by atoms with E-state index < -0.39 is 12.2 Å². The number of phenolic OH excluding ortho intramolecular Hbond substituents is 1. The highest BCUT2D eigenvalue weighted by Crippen LogP contribution is 2.45. The highest BCUT2D eigenvalue weighted by Gasteiger charge is 2.58. The van der Waals surface area contributed by atoms with E-state index in [0.29, 0.717) is 60.4 Å². The number of fused-ring (bicyclic) bond motifs is 2. The summed E-state index contributed by atoms with van der Waals surface area (Å²) in [4.78, 5) is 23.5. The Balaban J connectivity index is 1.06. The molecule has 36 heavy (non-hydrogen) atoms. The van der Waals surface area contributed by atoms with E-state index in [1.165, 1.54) is 11.8 Å². The lowest BCUT2D eigenvalue weighted by molar-refractivity contribution is -0.405. The topological polar surface area (TPSA) is 133 Å². The molecule has 4 aliphatic heterocycles. The molecule has 11 heteroatoms. The molecule has 0 radical (unpaired) electrons. The maximum atomic E-state index is 11.7. The predicted molar refractivity (Wildman–Crippen MR) is 132 cm³/mol. The maximum Gasteiger partial charge on any atom is 0.246 e. The van der Waals surface area contributed by atoms with E-state index in [-0.39, 0.29) is 11.7 Å². The van der Waals surface area contributed by atoms with Gasteiger partial charge in [0.15, 0.2) is 5.79 Å². The maximum absolute atomic E-state index is 11.7. The first-order valence-electron chi connectivity index (χ1n) is 11.5. The van der Waals surface area contributed by atoms with Crippen LogP contribution in [-0.4, -0.2) is 52.0 Å². The van der Waals surface area contributed by atoms with Crippen LogP contribution < -0.4 is 15.5 Å². The number of hydrogen-bond donors (Lipinski definition) is 3. The summed E-state index contributed by atoms with van der Waals surface area (Å²) in [5.74, 6) is 1.04. The van der Waals surface area contributed by atoms with Gasteiger partial charge in [-0.05, 0) is 30.3 Å². The van der Waals surface area contributed by atoms with Crippen molar-refractivity contribution in [1.29, 1.82) is 5.26 Å². The Morgan fingerprint density at radius 3 is 2.94 bits per heavy atom. The molecule has 1 amide bonds. The van der Waals surface area contributed by atoms with Crippen molar-refractivity contribution in [2.24, 2.45) is 0 Å². The first kappa shape index (κ1) is 22.8. The number of aromatic nitrogens is 2. The number of hydrogen-bond acceptors (Lipinski definition) is 10. The molecule has 3 saturated heterocycles. The van der Waals surface area contributed by atoms with Crippen LogP contribution in [0.3, 0.4) is 0 Å². The van der Waals surface area contributed by atoms with Crippen molar-refractivity contribution >= 4 is 29.3 Å². The highest BCUT2D eigenvalue weighted by molar-refractivity contribution is 8.00. The number of anilines is 2. The Bertz CT molecular complexity index is 1390. The summed E-state index contributed by atoms with van der Waals surface area (Å²) >= 11 is 1.47.